The molecule has 3 aromatic heterocycles. The van der Waals surface area contributed by atoms with Crippen LogP contribution in [0.5, 0.6) is 0 Å². The number of pyridine rings is 2. The van der Waals surface area contributed by atoms with Crippen molar-refractivity contribution in [3.63, 3.8) is 0 Å². The largest absolute Gasteiger partial charge is 0.465 e. The summed E-state index contributed by atoms with van der Waals surface area (Å²) < 4.78 is 4.77. The maximum Gasteiger partial charge on any atom is 0.350 e. The molecule has 0 spiro atoms. The lowest BCUT2D eigenvalue weighted by Crippen LogP contribution is -2.15. The predicted octanol–water partition coefficient (Wildman–Crippen LogP) is 5.05. The maximum absolute atomic E-state index is 13.1. The summed E-state index contributed by atoms with van der Waals surface area (Å²) in [7, 11) is 1.30. The third-order valence-corrected chi connectivity index (χ3v) is 5.39. The summed E-state index contributed by atoms with van der Waals surface area (Å²) in [5.74, 6) is -0.887. The topological polar surface area (TPSA) is 81.2 Å². The minimum Gasteiger partial charge on any atom is -0.465 e. The zero-order valence-electron chi connectivity index (χ0n) is 15.2. The number of hydrogen-bond donors (Lipinski definition) is 1. The SMILES string of the molecule is COC(=O)c1sccc1NC(=O)c1cc(-c2cccnc2)nc2ccc(Cl)cc12. The van der Waals surface area contributed by atoms with E-state index in [-0.39, 0.29) is 5.91 Å². The van der Waals surface area contributed by atoms with Crippen LogP contribution >= 0.6 is 22.9 Å². The molecule has 0 aliphatic heterocycles. The number of thiophene rings is 1. The van der Waals surface area contributed by atoms with Crippen LogP contribution in [0.4, 0.5) is 5.69 Å². The fourth-order valence-corrected chi connectivity index (χ4v) is 3.83. The first-order chi connectivity index (χ1) is 14.1. The van der Waals surface area contributed by atoms with Gasteiger partial charge in [0, 0.05) is 28.4 Å². The summed E-state index contributed by atoms with van der Waals surface area (Å²) in [5, 5.41) is 5.61. The first-order valence-electron chi connectivity index (χ1n) is 8.54. The minimum absolute atomic E-state index is 0.324. The van der Waals surface area contributed by atoms with Crippen LogP contribution in [-0.4, -0.2) is 29.0 Å². The van der Waals surface area contributed by atoms with Crippen LogP contribution in [0.2, 0.25) is 5.02 Å². The Kier molecular flexibility index (Phi) is 5.24. The number of ether oxygens (including phenoxy) is 1. The number of halogens is 1. The molecule has 0 bridgehead atoms. The number of nitrogens with one attached hydrogen (secondary N) is 1. The van der Waals surface area contributed by atoms with E-state index in [0.717, 1.165) is 5.56 Å². The van der Waals surface area contributed by atoms with Gasteiger partial charge in [0.2, 0.25) is 0 Å². The van der Waals surface area contributed by atoms with Gasteiger partial charge in [-0.25, -0.2) is 9.78 Å². The number of benzene rings is 1. The van der Waals surface area contributed by atoms with E-state index in [9.17, 15) is 9.59 Å². The third-order valence-electron chi connectivity index (χ3n) is 4.26. The Morgan fingerprint density at radius 3 is 2.79 bits per heavy atom. The van der Waals surface area contributed by atoms with Crippen LogP contribution in [-0.2, 0) is 4.74 Å². The molecule has 1 N–H and O–H groups in total. The standard InChI is InChI=1S/C21H14ClN3O3S/c1-28-21(27)19-17(6-8-29-19)25-20(26)15-10-18(12-3-2-7-23-11-12)24-16-5-4-13(22)9-14(15)16/h2-11H,1H3,(H,25,26). The molecule has 4 aromatic rings. The number of aromatic nitrogens is 2. The molecule has 0 radical (unpaired) electrons. The molecule has 1 amide bonds. The van der Waals surface area contributed by atoms with E-state index in [1.807, 2.05) is 6.07 Å². The maximum atomic E-state index is 13.1. The molecular formula is C21H14ClN3O3S. The van der Waals surface area contributed by atoms with Gasteiger partial charge >= 0.3 is 5.97 Å². The molecule has 0 fully saturated rings. The Hall–Kier alpha value is -3.29. The third kappa shape index (κ3) is 3.83. The van der Waals surface area contributed by atoms with Crippen LogP contribution in [0.25, 0.3) is 22.2 Å². The molecular weight excluding hydrogens is 410 g/mol. The highest BCUT2D eigenvalue weighted by Gasteiger charge is 2.19. The van der Waals surface area contributed by atoms with Gasteiger partial charge in [0.1, 0.15) is 4.88 Å². The normalized spacial score (nSPS) is 10.7. The van der Waals surface area contributed by atoms with Crippen molar-refractivity contribution < 1.29 is 14.3 Å². The Bertz CT molecular complexity index is 1220. The number of anilines is 1. The van der Waals surface area contributed by atoms with E-state index in [2.05, 4.69) is 15.3 Å². The van der Waals surface area contributed by atoms with Crippen molar-refractivity contribution in [1.82, 2.24) is 9.97 Å². The number of carbonyl (C=O) groups excluding carboxylic acids is 2. The Balaban J connectivity index is 1.81. The number of rotatable bonds is 4. The highest BCUT2D eigenvalue weighted by atomic mass is 35.5. The van der Waals surface area contributed by atoms with Crippen molar-refractivity contribution >= 4 is 51.4 Å². The second-order valence-corrected chi connectivity index (χ2v) is 7.42. The molecule has 0 saturated carbocycles. The molecule has 0 aliphatic rings. The van der Waals surface area contributed by atoms with Crippen molar-refractivity contribution in [1.29, 1.82) is 0 Å². The molecule has 0 atom stereocenters. The first kappa shape index (κ1) is 19.0. The van der Waals surface area contributed by atoms with Crippen LogP contribution in [0.1, 0.15) is 20.0 Å². The monoisotopic (exact) mass is 423 g/mol. The van der Waals surface area contributed by atoms with Crippen molar-refractivity contribution in [3.05, 3.63) is 75.7 Å². The predicted molar refractivity (Wildman–Crippen MR) is 114 cm³/mol. The Morgan fingerprint density at radius 2 is 2.03 bits per heavy atom. The van der Waals surface area contributed by atoms with Gasteiger partial charge in [0.05, 0.1) is 29.6 Å². The summed E-state index contributed by atoms with van der Waals surface area (Å²) in [5.41, 5.74) is 2.79. The van der Waals surface area contributed by atoms with E-state index in [1.54, 1.807) is 54.2 Å². The average Bonchev–Trinajstić information content (AvgIpc) is 3.21. The van der Waals surface area contributed by atoms with Gasteiger partial charge in [-0.1, -0.05) is 11.6 Å². The van der Waals surface area contributed by atoms with Gasteiger partial charge in [-0.3, -0.25) is 9.78 Å². The van der Waals surface area contributed by atoms with Crippen molar-refractivity contribution in [2.45, 2.75) is 0 Å². The van der Waals surface area contributed by atoms with Crippen LogP contribution in [0, 0.1) is 0 Å². The number of hydrogen-bond acceptors (Lipinski definition) is 6. The molecule has 0 aliphatic carbocycles. The number of amides is 1. The van der Waals surface area contributed by atoms with E-state index < -0.39 is 5.97 Å². The highest BCUT2D eigenvalue weighted by Crippen LogP contribution is 2.29. The zero-order valence-corrected chi connectivity index (χ0v) is 16.8. The van der Waals surface area contributed by atoms with Crippen LogP contribution < -0.4 is 5.32 Å². The number of methoxy groups -OCH3 is 1. The Labute approximate surface area is 175 Å². The van der Waals surface area contributed by atoms with E-state index in [1.165, 1.54) is 18.4 Å². The summed E-state index contributed by atoms with van der Waals surface area (Å²) in [6.45, 7) is 0. The zero-order chi connectivity index (χ0) is 20.4. The van der Waals surface area contributed by atoms with E-state index in [0.29, 0.717) is 37.7 Å². The molecule has 8 heteroatoms. The first-order valence-corrected chi connectivity index (χ1v) is 9.80. The van der Waals surface area contributed by atoms with Gasteiger partial charge in [0.25, 0.3) is 5.91 Å². The molecule has 4 rings (SSSR count). The van der Waals surface area contributed by atoms with Gasteiger partial charge in [0.15, 0.2) is 0 Å². The van der Waals surface area contributed by atoms with E-state index >= 15 is 0 Å². The summed E-state index contributed by atoms with van der Waals surface area (Å²) in [6.07, 6.45) is 3.35. The summed E-state index contributed by atoms with van der Waals surface area (Å²) in [4.78, 5) is 34.1. The smallest absolute Gasteiger partial charge is 0.350 e. The van der Waals surface area contributed by atoms with Gasteiger partial charge in [-0.05, 0) is 47.8 Å². The second kappa shape index (κ2) is 7.98. The fraction of sp³-hybridized carbons (Fsp3) is 0.0476. The minimum atomic E-state index is -0.506. The molecule has 0 saturated heterocycles. The Morgan fingerprint density at radius 1 is 1.17 bits per heavy atom. The van der Waals surface area contributed by atoms with Gasteiger partial charge < -0.3 is 10.1 Å². The van der Waals surface area contributed by atoms with Crippen molar-refractivity contribution in [2.24, 2.45) is 0 Å². The van der Waals surface area contributed by atoms with Gasteiger partial charge in [-0.2, -0.15) is 0 Å². The number of esters is 1. The quantitative estimate of drug-likeness (QED) is 0.464. The molecule has 29 heavy (non-hydrogen) atoms. The summed E-state index contributed by atoms with van der Waals surface area (Å²) in [6, 6.07) is 12.2. The van der Waals surface area contributed by atoms with Crippen molar-refractivity contribution in [2.75, 3.05) is 12.4 Å². The molecule has 144 valence electrons. The molecule has 1 aromatic carbocycles. The number of nitrogens with zero attached hydrogens (tertiary/aromatic N) is 2. The summed E-state index contributed by atoms with van der Waals surface area (Å²) >= 11 is 7.35. The number of carbonyl (C=O) groups is 2. The molecule has 3 heterocycles. The van der Waals surface area contributed by atoms with E-state index in [4.69, 9.17) is 16.3 Å². The lowest BCUT2D eigenvalue weighted by atomic mass is 10.0. The lowest BCUT2D eigenvalue weighted by molar-refractivity contribution is 0.0607. The highest BCUT2D eigenvalue weighted by molar-refractivity contribution is 7.12. The molecule has 0 unspecified atom stereocenters. The lowest BCUT2D eigenvalue weighted by Gasteiger charge is -2.11. The molecule has 6 nitrogen and oxygen atoms in total. The second-order valence-electron chi connectivity index (χ2n) is 6.07. The number of fused-ring (bicyclic) bond motifs is 1. The van der Waals surface area contributed by atoms with Gasteiger partial charge in [-0.15, -0.1) is 11.3 Å². The average molecular weight is 424 g/mol. The van der Waals surface area contributed by atoms with Crippen LogP contribution in [0.3, 0.4) is 0 Å². The van der Waals surface area contributed by atoms with Crippen LogP contribution in [0.15, 0.2) is 60.2 Å². The fourth-order valence-electron chi connectivity index (χ4n) is 2.90. The van der Waals surface area contributed by atoms with Crippen molar-refractivity contribution in [3.8, 4) is 11.3 Å².